The number of carbonyl (C=O) groups is 1. The Hall–Kier alpha value is -2.41. The van der Waals surface area contributed by atoms with Crippen LogP contribution in [-0.4, -0.2) is 10.2 Å². The van der Waals surface area contributed by atoms with Gasteiger partial charge < -0.3 is 5.32 Å². The van der Waals surface area contributed by atoms with Gasteiger partial charge in [-0.15, -0.1) is 0 Å². The number of thioether (sulfide) groups is 1. The zero-order valence-corrected chi connectivity index (χ0v) is 11.6. The Labute approximate surface area is 124 Å². The van der Waals surface area contributed by atoms with Gasteiger partial charge in [0.05, 0.1) is 4.92 Å². The first kappa shape index (κ1) is 15.0. The second kappa shape index (κ2) is 6.85. The molecule has 108 valence electrons. The Bertz CT molecular complexity index is 644. The molecule has 2 rings (SSSR count). The first-order valence-electron chi connectivity index (χ1n) is 5.97. The quantitative estimate of drug-likeness (QED) is 0.678. The van der Waals surface area contributed by atoms with Crippen molar-refractivity contribution in [1.82, 2.24) is 0 Å². The molecule has 0 bridgehead atoms. The molecule has 2 aromatic rings. The first-order valence-corrected chi connectivity index (χ1v) is 6.96. The van der Waals surface area contributed by atoms with Gasteiger partial charge in [-0.1, -0.05) is 23.9 Å². The topological polar surface area (TPSA) is 72.2 Å². The number of hydrogen-bond donors (Lipinski definition) is 1. The van der Waals surface area contributed by atoms with E-state index in [4.69, 9.17) is 0 Å². The van der Waals surface area contributed by atoms with Crippen LogP contribution in [0.25, 0.3) is 0 Å². The minimum absolute atomic E-state index is 0.0134. The van der Waals surface area contributed by atoms with E-state index in [1.807, 2.05) is 0 Å². The van der Waals surface area contributed by atoms with E-state index in [0.29, 0.717) is 11.4 Å². The molecule has 5 nitrogen and oxygen atoms in total. The second-order valence-electron chi connectivity index (χ2n) is 4.13. The summed E-state index contributed by atoms with van der Waals surface area (Å²) in [5.74, 6) is 0.0249. The van der Waals surface area contributed by atoms with Gasteiger partial charge in [-0.3, -0.25) is 14.9 Å². The van der Waals surface area contributed by atoms with Crippen molar-refractivity contribution in [3.8, 4) is 0 Å². The zero-order chi connectivity index (χ0) is 15.2. The van der Waals surface area contributed by atoms with Crippen LogP contribution in [0.15, 0.2) is 48.5 Å². The van der Waals surface area contributed by atoms with E-state index in [0.717, 1.165) is 17.3 Å². The number of nitro benzene ring substituents is 1. The van der Waals surface area contributed by atoms with Gasteiger partial charge in [-0.05, 0) is 29.8 Å². The molecule has 0 aliphatic heterocycles. The van der Waals surface area contributed by atoms with Crippen LogP contribution in [0.3, 0.4) is 0 Å². The number of halogens is 1. The molecule has 0 radical (unpaired) electrons. The van der Waals surface area contributed by atoms with Crippen molar-refractivity contribution in [2.45, 2.75) is 5.75 Å². The number of rotatable bonds is 4. The third-order valence-electron chi connectivity index (χ3n) is 2.61. The number of carbonyl (C=O) groups excluding carboxylic acids is 1. The van der Waals surface area contributed by atoms with Crippen molar-refractivity contribution in [1.29, 1.82) is 0 Å². The molecule has 0 atom stereocenters. The Morgan fingerprint density at radius 2 is 1.76 bits per heavy atom. The normalized spacial score (nSPS) is 10.1. The van der Waals surface area contributed by atoms with Crippen molar-refractivity contribution >= 4 is 28.4 Å². The molecule has 0 aliphatic rings. The molecule has 0 saturated carbocycles. The van der Waals surface area contributed by atoms with Gasteiger partial charge in [0.1, 0.15) is 5.82 Å². The number of nitrogens with zero attached hydrogens (tertiary/aromatic N) is 1. The van der Waals surface area contributed by atoms with Crippen molar-refractivity contribution in [3.05, 3.63) is 70.0 Å². The fraction of sp³-hybridized carbons (Fsp3) is 0.0714. The van der Waals surface area contributed by atoms with Gasteiger partial charge in [-0.2, -0.15) is 0 Å². The maximum Gasteiger partial charge on any atom is 0.283 e. The Morgan fingerprint density at radius 1 is 1.14 bits per heavy atom. The van der Waals surface area contributed by atoms with E-state index in [1.165, 1.54) is 36.4 Å². The highest BCUT2D eigenvalue weighted by atomic mass is 32.2. The lowest BCUT2D eigenvalue weighted by atomic mass is 10.2. The standard InChI is InChI=1S/C14H11FN2O3S/c15-11-3-5-12(6-4-11)16-14(18)21-9-10-1-7-13(8-2-10)17(19)20/h1-8H,9H2,(H,16,18). The Morgan fingerprint density at radius 3 is 2.33 bits per heavy atom. The second-order valence-corrected chi connectivity index (χ2v) is 5.08. The van der Waals surface area contributed by atoms with E-state index in [2.05, 4.69) is 5.32 Å². The van der Waals surface area contributed by atoms with Crippen LogP contribution in [-0.2, 0) is 5.75 Å². The maximum absolute atomic E-state index is 12.7. The molecule has 0 aromatic heterocycles. The van der Waals surface area contributed by atoms with Crippen LogP contribution in [0.2, 0.25) is 0 Å². The summed E-state index contributed by atoms with van der Waals surface area (Å²) in [7, 11) is 0. The van der Waals surface area contributed by atoms with Gasteiger partial charge in [0.25, 0.3) is 10.9 Å². The molecule has 1 amide bonds. The average Bonchev–Trinajstić information content (AvgIpc) is 2.48. The largest absolute Gasteiger partial charge is 0.317 e. The van der Waals surface area contributed by atoms with Crippen molar-refractivity contribution in [3.63, 3.8) is 0 Å². The fourth-order valence-corrected chi connectivity index (χ4v) is 2.23. The number of nitro groups is 1. The van der Waals surface area contributed by atoms with Crippen LogP contribution in [0.1, 0.15) is 5.56 Å². The van der Waals surface area contributed by atoms with Gasteiger partial charge >= 0.3 is 0 Å². The Balaban J connectivity index is 1.86. The minimum Gasteiger partial charge on any atom is -0.317 e. The minimum atomic E-state index is -0.474. The maximum atomic E-state index is 12.7. The summed E-state index contributed by atoms with van der Waals surface area (Å²) in [6.07, 6.45) is 0. The lowest BCUT2D eigenvalue weighted by Gasteiger charge is -2.04. The molecule has 0 fully saturated rings. The highest BCUT2D eigenvalue weighted by Gasteiger charge is 2.07. The third kappa shape index (κ3) is 4.57. The molecule has 1 N–H and O–H groups in total. The molecule has 0 spiro atoms. The summed E-state index contributed by atoms with van der Waals surface area (Å²) in [5.41, 5.74) is 1.33. The number of benzene rings is 2. The lowest BCUT2D eigenvalue weighted by molar-refractivity contribution is -0.384. The molecule has 0 aliphatic carbocycles. The summed E-state index contributed by atoms with van der Waals surface area (Å²) in [5, 5.41) is 12.9. The lowest BCUT2D eigenvalue weighted by Crippen LogP contribution is -2.05. The molecule has 0 heterocycles. The highest BCUT2D eigenvalue weighted by Crippen LogP contribution is 2.19. The molecular formula is C14H11FN2O3S. The van der Waals surface area contributed by atoms with Crippen LogP contribution in [0.5, 0.6) is 0 Å². The van der Waals surface area contributed by atoms with Crippen LogP contribution in [0.4, 0.5) is 20.6 Å². The molecule has 7 heteroatoms. The number of anilines is 1. The monoisotopic (exact) mass is 306 g/mol. The third-order valence-corrected chi connectivity index (χ3v) is 3.45. The first-order chi connectivity index (χ1) is 10.0. The summed E-state index contributed by atoms with van der Waals surface area (Å²) in [6, 6.07) is 11.5. The van der Waals surface area contributed by atoms with Gasteiger partial charge in [0.15, 0.2) is 0 Å². The van der Waals surface area contributed by atoms with Gasteiger partial charge in [0, 0.05) is 23.6 Å². The SMILES string of the molecule is O=C(Nc1ccc(F)cc1)SCc1ccc([N+](=O)[O-])cc1. The summed E-state index contributed by atoms with van der Waals surface area (Å²) in [4.78, 5) is 21.7. The summed E-state index contributed by atoms with van der Waals surface area (Å²) >= 11 is 1.03. The van der Waals surface area contributed by atoms with Crippen LogP contribution < -0.4 is 5.32 Å². The fourth-order valence-electron chi connectivity index (χ4n) is 1.55. The number of non-ortho nitro benzene ring substituents is 1. The molecule has 2 aromatic carbocycles. The van der Waals surface area contributed by atoms with Crippen molar-refractivity contribution in [2.75, 3.05) is 5.32 Å². The van der Waals surface area contributed by atoms with E-state index in [9.17, 15) is 19.3 Å². The van der Waals surface area contributed by atoms with Gasteiger partial charge in [0.2, 0.25) is 0 Å². The van der Waals surface area contributed by atoms with Crippen LogP contribution in [0, 0.1) is 15.9 Å². The van der Waals surface area contributed by atoms with Crippen LogP contribution >= 0.6 is 11.8 Å². The predicted molar refractivity (Wildman–Crippen MR) is 79.8 cm³/mol. The zero-order valence-electron chi connectivity index (χ0n) is 10.8. The van der Waals surface area contributed by atoms with E-state index < -0.39 is 4.92 Å². The highest BCUT2D eigenvalue weighted by molar-refractivity contribution is 8.13. The van der Waals surface area contributed by atoms with Crippen molar-refractivity contribution in [2.24, 2.45) is 0 Å². The number of hydrogen-bond acceptors (Lipinski definition) is 4. The molecular weight excluding hydrogens is 295 g/mol. The predicted octanol–water partition coefficient (Wildman–Crippen LogP) is 4.20. The van der Waals surface area contributed by atoms with Gasteiger partial charge in [-0.25, -0.2) is 4.39 Å². The van der Waals surface area contributed by atoms with E-state index in [1.54, 1.807) is 12.1 Å². The Kier molecular flexibility index (Phi) is 4.89. The van der Waals surface area contributed by atoms with E-state index in [-0.39, 0.29) is 16.7 Å². The average molecular weight is 306 g/mol. The summed E-state index contributed by atoms with van der Waals surface area (Å²) < 4.78 is 12.7. The van der Waals surface area contributed by atoms with Crippen molar-refractivity contribution < 1.29 is 14.1 Å². The number of amides is 1. The molecule has 0 saturated heterocycles. The smallest absolute Gasteiger partial charge is 0.283 e. The molecule has 21 heavy (non-hydrogen) atoms. The molecule has 0 unspecified atom stereocenters. The number of nitrogens with one attached hydrogen (secondary N) is 1. The van der Waals surface area contributed by atoms with E-state index >= 15 is 0 Å². The summed E-state index contributed by atoms with van der Waals surface area (Å²) in [6.45, 7) is 0.